The molecule has 0 unspecified atom stereocenters. The quantitative estimate of drug-likeness (QED) is 0.0577. The summed E-state index contributed by atoms with van der Waals surface area (Å²) in [7, 11) is 0. The lowest BCUT2D eigenvalue weighted by Crippen LogP contribution is -2.65. The van der Waals surface area contributed by atoms with Crippen molar-refractivity contribution in [1.82, 2.24) is 5.32 Å². The number of nitrogens with two attached hydrogens (primary N) is 2. The third-order valence-corrected chi connectivity index (χ3v) is 13.7. The number of amides is 1. The van der Waals surface area contributed by atoms with Crippen LogP contribution in [0.1, 0.15) is 128 Å². The van der Waals surface area contributed by atoms with Crippen LogP contribution < -0.4 is 22.4 Å². The summed E-state index contributed by atoms with van der Waals surface area (Å²) in [5, 5.41) is 24.2. The molecular formula is C38H56N4O9. The molecular weight excluding hydrogens is 656 g/mol. The molecule has 7 N–H and O–H groups in total. The summed E-state index contributed by atoms with van der Waals surface area (Å²) in [6, 6.07) is 2.44. The van der Waals surface area contributed by atoms with E-state index in [4.69, 9.17) is 25.4 Å². The molecule has 1 amide bonds. The number of carbonyl (C=O) groups is 3. The number of fused-ring (bicyclic) bond motifs is 3. The Bertz CT molecular complexity index is 1540. The molecule has 1 aromatic rings. The first kappa shape index (κ1) is 37.3. The van der Waals surface area contributed by atoms with Gasteiger partial charge in [0, 0.05) is 37.3 Å². The van der Waals surface area contributed by atoms with Gasteiger partial charge in [-0.15, -0.1) is 0 Å². The Morgan fingerprint density at radius 2 is 1.73 bits per heavy atom. The number of carbonyl (C=O) groups excluding carboxylic acids is 2. The Morgan fingerprint density at radius 1 is 1.00 bits per heavy atom. The van der Waals surface area contributed by atoms with Crippen LogP contribution in [0.4, 0.5) is 0 Å². The van der Waals surface area contributed by atoms with E-state index in [2.05, 4.69) is 24.2 Å². The zero-order valence-corrected chi connectivity index (χ0v) is 30.1. The van der Waals surface area contributed by atoms with Crippen molar-refractivity contribution < 1.29 is 38.5 Å². The lowest BCUT2D eigenvalue weighted by atomic mass is 9.42. The lowest BCUT2D eigenvalue weighted by Gasteiger charge is -2.64. The van der Waals surface area contributed by atoms with Crippen LogP contribution in [-0.4, -0.2) is 70.0 Å². The predicted molar refractivity (Wildman–Crippen MR) is 187 cm³/mol. The van der Waals surface area contributed by atoms with Crippen LogP contribution in [0.3, 0.4) is 0 Å². The molecule has 1 aliphatic heterocycles. The number of carboxylic acids is 1. The lowest BCUT2D eigenvalue weighted by molar-refractivity contribution is -0.227. The van der Waals surface area contributed by atoms with Gasteiger partial charge >= 0.3 is 17.6 Å². The van der Waals surface area contributed by atoms with E-state index in [1.54, 1.807) is 6.26 Å². The number of aliphatic carboxylic acids is 1. The van der Waals surface area contributed by atoms with Crippen LogP contribution in [0, 0.1) is 22.7 Å². The molecule has 51 heavy (non-hydrogen) atoms. The van der Waals surface area contributed by atoms with Gasteiger partial charge in [0.05, 0.1) is 18.0 Å². The van der Waals surface area contributed by atoms with E-state index < -0.39 is 17.6 Å². The average Bonchev–Trinajstić information content (AvgIpc) is 3.73. The predicted octanol–water partition coefficient (Wildman–Crippen LogP) is 3.89. The zero-order valence-electron chi connectivity index (χ0n) is 30.1. The molecule has 5 aliphatic rings. The van der Waals surface area contributed by atoms with E-state index in [-0.39, 0.29) is 77.3 Å². The Kier molecular flexibility index (Phi) is 10.6. The van der Waals surface area contributed by atoms with Gasteiger partial charge in [-0.05, 0) is 105 Å². The third-order valence-electron chi connectivity index (χ3n) is 13.7. The van der Waals surface area contributed by atoms with Gasteiger partial charge in [-0.25, -0.2) is 9.59 Å². The smallest absolute Gasteiger partial charge is 0.335 e. The van der Waals surface area contributed by atoms with Crippen LogP contribution in [0.2, 0.25) is 0 Å². The Balaban J connectivity index is 0.929. The van der Waals surface area contributed by atoms with E-state index >= 15 is 0 Å². The van der Waals surface area contributed by atoms with Gasteiger partial charge in [0.25, 0.3) is 0 Å². The fourth-order valence-electron chi connectivity index (χ4n) is 11.0. The molecule has 5 fully saturated rings. The molecule has 6 rings (SSSR count). The van der Waals surface area contributed by atoms with Crippen molar-refractivity contribution in [1.29, 1.82) is 0 Å². The molecule has 1 saturated heterocycles. The first-order chi connectivity index (χ1) is 24.2. The molecule has 0 aromatic carbocycles. The summed E-state index contributed by atoms with van der Waals surface area (Å²) in [4.78, 5) is 52.1. The van der Waals surface area contributed by atoms with Gasteiger partial charge in [-0.1, -0.05) is 26.7 Å². The number of aliphatic hydroxyl groups is 1. The van der Waals surface area contributed by atoms with Gasteiger partial charge in [0.1, 0.15) is 17.7 Å². The maximum Gasteiger partial charge on any atom is 0.335 e. The maximum absolute atomic E-state index is 12.8. The molecule has 4 saturated carbocycles. The van der Waals surface area contributed by atoms with E-state index in [1.807, 2.05) is 6.07 Å². The number of nitrogens with zero attached hydrogens (tertiary/aromatic N) is 1. The molecule has 2 heterocycles. The number of hydrogen-bond donors (Lipinski definition) is 5. The summed E-state index contributed by atoms with van der Waals surface area (Å²) in [6.07, 6.45) is 11.9. The minimum Gasteiger partial charge on any atom is -0.480 e. The van der Waals surface area contributed by atoms with Crippen LogP contribution in [0.15, 0.2) is 32.6 Å². The van der Waals surface area contributed by atoms with E-state index in [0.717, 1.165) is 56.9 Å². The fourth-order valence-corrected chi connectivity index (χ4v) is 11.0. The number of nitrogens with one attached hydrogen (secondary N) is 1. The fraction of sp³-hybridized carbons (Fsp3) is 0.763. The van der Waals surface area contributed by atoms with Crippen molar-refractivity contribution in [3.8, 4) is 0 Å². The summed E-state index contributed by atoms with van der Waals surface area (Å²) < 4.78 is 17.9. The van der Waals surface area contributed by atoms with Crippen molar-refractivity contribution in [2.24, 2.45) is 39.1 Å². The SMILES string of the molecule is C[C@]12CC[C@H](OC(=O)CCCCCCC(=O)N[C@H](CCCN=C(N)N)C(=O)O)C[C@@]1(O)CC[C@@H]1[C@@H]2CC[C@]2(C)[C@@H](c3ccc(=O)oc3)C[C@H]3O[C@]132. The molecule has 13 heteroatoms. The van der Waals surface area contributed by atoms with E-state index in [0.29, 0.717) is 50.5 Å². The van der Waals surface area contributed by atoms with Gasteiger partial charge in [0.15, 0.2) is 5.96 Å². The highest BCUT2D eigenvalue weighted by Gasteiger charge is 2.81. The van der Waals surface area contributed by atoms with Gasteiger partial charge in [0.2, 0.25) is 5.91 Å². The second kappa shape index (κ2) is 14.5. The second-order valence-electron chi connectivity index (χ2n) is 16.4. The van der Waals surface area contributed by atoms with Crippen LogP contribution >= 0.6 is 0 Å². The number of aliphatic imine (C=N–C) groups is 1. The van der Waals surface area contributed by atoms with E-state index in [1.165, 1.54) is 6.07 Å². The summed E-state index contributed by atoms with van der Waals surface area (Å²) in [5.74, 6) is -0.757. The Labute approximate surface area is 299 Å². The highest BCUT2D eigenvalue weighted by Crippen LogP contribution is 2.78. The third kappa shape index (κ3) is 7.04. The first-order valence-electron chi connectivity index (χ1n) is 19.0. The zero-order chi connectivity index (χ0) is 36.6. The minimum atomic E-state index is -1.10. The molecule has 0 radical (unpaired) electrons. The Hall–Kier alpha value is -3.45. The monoisotopic (exact) mass is 712 g/mol. The van der Waals surface area contributed by atoms with E-state index in [9.17, 15) is 29.4 Å². The van der Waals surface area contributed by atoms with Gasteiger partial charge < -0.3 is 40.9 Å². The van der Waals surface area contributed by atoms with Gasteiger partial charge in [-0.2, -0.15) is 0 Å². The number of epoxide rings is 1. The molecule has 282 valence electrons. The minimum absolute atomic E-state index is 0.0517. The Morgan fingerprint density at radius 3 is 2.43 bits per heavy atom. The summed E-state index contributed by atoms with van der Waals surface area (Å²) in [5.41, 5.74) is 9.86. The number of rotatable bonds is 15. The van der Waals surface area contributed by atoms with Crippen LogP contribution in [0.25, 0.3) is 0 Å². The summed E-state index contributed by atoms with van der Waals surface area (Å²) in [6.45, 7) is 4.92. The molecule has 1 spiro atoms. The van der Waals surface area contributed by atoms with Crippen molar-refractivity contribution in [2.75, 3.05) is 6.54 Å². The molecule has 4 aliphatic carbocycles. The molecule has 0 bridgehead atoms. The molecule has 1 aromatic heterocycles. The number of unbranched alkanes of at least 4 members (excludes halogenated alkanes) is 3. The maximum atomic E-state index is 12.8. The first-order valence-corrected chi connectivity index (χ1v) is 19.0. The van der Waals surface area contributed by atoms with Crippen LogP contribution in [-0.2, 0) is 23.9 Å². The van der Waals surface area contributed by atoms with Gasteiger partial charge in [-0.3, -0.25) is 14.6 Å². The molecule has 13 nitrogen and oxygen atoms in total. The average molecular weight is 713 g/mol. The highest BCUT2D eigenvalue weighted by molar-refractivity contribution is 5.83. The highest BCUT2D eigenvalue weighted by atomic mass is 16.6. The van der Waals surface area contributed by atoms with Crippen molar-refractivity contribution in [2.45, 2.75) is 152 Å². The van der Waals surface area contributed by atoms with Crippen molar-refractivity contribution in [3.63, 3.8) is 0 Å². The normalized spacial score (nSPS) is 36.7. The number of guanidine groups is 1. The largest absolute Gasteiger partial charge is 0.480 e. The topological polar surface area (TPSA) is 220 Å². The van der Waals surface area contributed by atoms with Crippen molar-refractivity contribution >= 4 is 23.8 Å². The molecule has 10 atom stereocenters. The standard InChI is InChI=1S/C38H56N4O9/c1-35-16-13-24(50-32(45)10-6-4-3-5-9-30(43)42-28(33(46)47)8-7-19-41-34(39)40)21-37(35,48)18-15-26-25(35)14-17-36(2)27(20-29-38(26,36)51-29)23-11-12-31(44)49-22-23/h11-12,22,24-29,48H,3-10,13-21H2,1-2H3,(H,42,43)(H,46,47)(H4,39,40,41)/t24-,25-,26+,27+,28+,29+,35+,36+,37-,38+/m0/s1. The number of carboxylic acid groups (broad SMARTS) is 1. The number of esters is 1. The van der Waals surface area contributed by atoms with Crippen molar-refractivity contribution in [3.05, 3.63) is 34.4 Å². The number of hydrogen-bond acceptors (Lipinski definition) is 9. The summed E-state index contributed by atoms with van der Waals surface area (Å²) >= 11 is 0. The second-order valence-corrected chi connectivity index (χ2v) is 16.4. The number of ether oxygens (including phenoxy) is 2. The van der Waals surface area contributed by atoms with Crippen LogP contribution in [0.5, 0.6) is 0 Å².